The van der Waals surface area contributed by atoms with Crippen molar-refractivity contribution >= 4 is 5.78 Å². The third kappa shape index (κ3) is 1.77. The van der Waals surface area contributed by atoms with Crippen LogP contribution in [-0.2, 0) is 0 Å². The Bertz CT molecular complexity index is 324. The lowest BCUT2D eigenvalue weighted by molar-refractivity contribution is 0.101. The highest BCUT2D eigenvalue weighted by Gasteiger charge is 2.14. The van der Waals surface area contributed by atoms with Crippen LogP contribution in [0.3, 0.4) is 0 Å². The molecule has 0 bridgehead atoms. The van der Waals surface area contributed by atoms with Gasteiger partial charge < -0.3 is 9.84 Å². The summed E-state index contributed by atoms with van der Waals surface area (Å²) in [5.41, 5.74) is -0.305. The monoisotopic (exact) mass is 184 g/mol. The summed E-state index contributed by atoms with van der Waals surface area (Å²) < 4.78 is 17.8. The molecule has 1 aromatic carbocycles. The van der Waals surface area contributed by atoms with Gasteiger partial charge in [-0.25, -0.2) is 4.39 Å². The van der Waals surface area contributed by atoms with Crippen molar-refractivity contribution in [3.05, 3.63) is 23.5 Å². The molecule has 0 aromatic heterocycles. The van der Waals surface area contributed by atoms with E-state index >= 15 is 0 Å². The summed E-state index contributed by atoms with van der Waals surface area (Å²) in [6, 6.07) is 2.25. The zero-order chi connectivity index (χ0) is 10.0. The largest absolute Gasteiger partial charge is 0.507 e. The molecule has 0 saturated heterocycles. The predicted octanol–water partition coefficient (Wildman–Crippen LogP) is 1.74. The molecule has 0 heterocycles. The van der Waals surface area contributed by atoms with E-state index in [0.29, 0.717) is 0 Å². The van der Waals surface area contributed by atoms with E-state index in [2.05, 4.69) is 0 Å². The summed E-state index contributed by atoms with van der Waals surface area (Å²) in [6.45, 7) is 1.19. The lowest BCUT2D eigenvalue weighted by Crippen LogP contribution is -1.98. The molecule has 1 rings (SSSR count). The van der Waals surface area contributed by atoms with Gasteiger partial charge >= 0.3 is 0 Å². The molecule has 0 aliphatic carbocycles. The number of phenolic OH excluding ortho intramolecular Hbond substituents is 1. The van der Waals surface area contributed by atoms with Gasteiger partial charge in [0.05, 0.1) is 12.7 Å². The Morgan fingerprint density at radius 2 is 2.15 bits per heavy atom. The van der Waals surface area contributed by atoms with E-state index in [4.69, 9.17) is 4.74 Å². The average Bonchev–Trinajstić information content (AvgIpc) is 2.02. The molecule has 1 aromatic rings. The van der Waals surface area contributed by atoms with Gasteiger partial charge in [0.2, 0.25) is 0 Å². The molecule has 13 heavy (non-hydrogen) atoms. The number of Topliss-reactive ketones (excluding diaryl/α,β-unsaturated/α-hetero) is 1. The molecular formula is C9H9FO3. The minimum Gasteiger partial charge on any atom is -0.507 e. The minimum atomic E-state index is -0.774. The van der Waals surface area contributed by atoms with Crippen molar-refractivity contribution in [3.63, 3.8) is 0 Å². The number of benzene rings is 1. The Morgan fingerprint density at radius 1 is 1.54 bits per heavy atom. The molecule has 0 fully saturated rings. The smallest absolute Gasteiger partial charge is 0.166 e. The second kappa shape index (κ2) is 3.43. The van der Waals surface area contributed by atoms with Crippen molar-refractivity contribution in [3.8, 4) is 11.5 Å². The molecule has 70 valence electrons. The van der Waals surface area contributed by atoms with Gasteiger partial charge in [0.25, 0.3) is 0 Å². The van der Waals surface area contributed by atoms with Gasteiger partial charge in [0, 0.05) is 12.1 Å². The molecular weight excluding hydrogens is 175 g/mol. The second-order valence-electron chi connectivity index (χ2n) is 2.56. The highest BCUT2D eigenvalue weighted by atomic mass is 19.1. The Morgan fingerprint density at radius 3 is 2.54 bits per heavy atom. The topological polar surface area (TPSA) is 46.5 Å². The van der Waals surface area contributed by atoms with E-state index in [0.717, 1.165) is 6.07 Å². The SMILES string of the molecule is COc1cc(O)c(C(C)=O)c(F)c1. The van der Waals surface area contributed by atoms with E-state index in [1.165, 1.54) is 20.1 Å². The van der Waals surface area contributed by atoms with E-state index < -0.39 is 17.3 Å². The lowest BCUT2D eigenvalue weighted by Gasteiger charge is -2.05. The summed E-state index contributed by atoms with van der Waals surface area (Å²) in [5, 5.41) is 9.23. The quantitative estimate of drug-likeness (QED) is 0.712. The first-order valence-electron chi connectivity index (χ1n) is 3.63. The van der Waals surface area contributed by atoms with Gasteiger partial charge in [-0.3, -0.25) is 4.79 Å². The van der Waals surface area contributed by atoms with E-state index in [9.17, 15) is 14.3 Å². The zero-order valence-corrected chi connectivity index (χ0v) is 7.30. The van der Waals surface area contributed by atoms with Gasteiger partial charge in [-0.15, -0.1) is 0 Å². The van der Waals surface area contributed by atoms with Crippen molar-refractivity contribution in [1.29, 1.82) is 0 Å². The molecule has 0 spiro atoms. The van der Waals surface area contributed by atoms with Gasteiger partial charge in [0.1, 0.15) is 17.3 Å². The highest BCUT2D eigenvalue weighted by Crippen LogP contribution is 2.26. The second-order valence-corrected chi connectivity index (χ2v) is 2.56. The molecule has 0 aliphatic rings. The molecule has 0 radical (unpaired) electrons. The molecule has 0 unspecified atom stereocenters. The number of carbonyl (C=O) groups excluding carboxylic acids is 1. The Balaban J connectivity index is 3.31. The third-order valence-electron chi connectivity index (χ3n) is 1.63. The Hall–Kier alpha value is -1.58. The summed E-state index contributed by atoms with van der Waals surface area (Å²) in [7, 11) is 1.35. The summed E-state index contributed by atoms with van der Waals surface area (Å²) >= 11 is 0. The highest BCUT2D eigenvalue weighted by molar-refractivity contribution is 5.97. The maximum absolute atomic E-state index is 13.1. The summed E-state index contributed by atoms with van der Waals surface area (Å²) in [4.78, 5) is 10.8. The van der Waals surface area contributed by atoms with Crippen LogP contribution in [0.1, 0.15) is 17.3 Å². The number of carbonyl (C=O) groups is 1. The average molecular weight is 184 g/mol. The van der Waals surface area contributed by atoms with Crippen LogP contribution in [0, 0.1) is 5.82 Å². The van der Waals surface area contributed by atoms with Crippen LogP contribution in [0.15, 0.2) is 12.1 Å². The maximum Gasteiger partial charge on any atom is 0.166 e. The standard InChI is InChI=1S/C9H9FO3/c1-5(11)9-7(10)3-6(13-2)4-8(9)12/h3-4,12H,1-2H3. The molecule has 0 saturated carbocycles. The van der Waals surface area contributed by atoms with Gasteiger partial charge in [-0.05, 0) is 6.92 Å². The third-order valence-corrected chi connectivity index (χ3v) is 1.63. The van der Waals surface area contributed by atoms with E-state index in [1.807, 2.05) is 0 Å². The molecule has 0 aliphatic heterocycles. The minimum absolute atomic E-state index is 0.181. The van der Waals surface area contributed by atoms with Crippen LogP contribution < -0.4 is 4.74 Å². The number of aromatic hydroxyl groups is 1. The number of ketones is 1. The number of methoxy groups -OCH3 is 1. The van der Waals surface area contributed by atoms with Gasteiger partial charge in [-0.1, -0.05) is 0 Å². The van der Waals surface area contributed by atoms with Crippen LogP contribution in [0.5, 0.6) is 11.5 Å². The normalized spacial score (nSPS) is 9.77. The number of rotatable bonds is 2. The fourth-order valence-corrected chi connectivity index (χ4v) is 1.03. The predicted molar refractivity (Wildman–Crippen MR) is 44.6 cm³/mol. The summed E-state index contributed by atoms with van der Waals surface area (Å²) in [5.74, 6) is -1.51. The van der Waals surface area contributed by atoms with Crippen LogP contribution in [-0.4, -0.2) is 18.0 Å². The number of phenols is 1. The van der Waals surface area contributed by atoms with Crippen LogP contribution in [0.2, 0.25) is 0 Å². The van der Waals surface area contributed by atoms with Gasteiger partial charge in [-0.2, -0.15) is 0 Å². The number of halogens is 1. The Labute approximate surface area is 74.8 Å². The first kappa shape index (κ1) is 9.51. The van der Waals surface area contributed by atoms with Crippen molar-refractivity contribution in [2.75, 3.05) is 7.11 Å². The van der Waals surface area contributed by atoms with Crippen molar-refractivity contribution in [2.45, 2.75) is 6.92 Å². The Kier molecular flexibility index (Phi) is 2.51. The number of hydrogen-bond acceptors (Lipinski definition) is 3. The molecule has 0 atom stereocenters. The van der Waals surface area contributed by atoms with Crippen molar-refractivity contribution < 1.29 is 19.0 Å². The van der Waals surface area contributed by atoms with Crippen LogP contribution in [0.4, 0.5) is 4.39 Å². The zero-order valence-electron chi connectivity index (χ0n) is 7.30. The fraction of sp³-hybridized carbons (Fsp3) is 0.222. The van der Waals surface area contributed by atoms with Crippen LogP contribution in [0.25, 0.3) is 0 Å². The maximum atomic E-state index is 13.1. The molecule has 0 amide bonds. The van der Waals surface area contributed by atoms with Crippen molar-refractivity contribution in [2.24, 2.45) is 0 Å². The molecule has 4 heteroatoms. The van der Waals surface area contributed by atoms with Crippen molar-refractivity contribution in [1.82, 2.24) is 0 Å². The van der Waals surface area contributed by atoms with E-state index in [-0.39, 0.29) is 11.3 Å². The fourth-order valence-electron chi connectivity index (χ4n) is 1.03. The lowest BCUT2D eigenvalue weighted by atomic mass is 10.1. The first-order valence-corrected chi connectivity index (χ1v) is 3.63. The number of ether oxygens (including phenoxy) is 1. The number of hydrogen-bond donors (Lipinski definition) is 1. The van der Waals surface area contributed by atoms with Crippen LogP contribution >= 0.6 is 0 Å². The molecule has 1 N–H and O–H groups in total. The summed E-state index contributed by atoms with van der Waals surface area (Å²) in [6.07, 6.45) is 0. The van der Waals surface area contributed by atoms with E-state index in [1.54, 1.807) is 0 Å². The van der Waals surface area contributed by atoms with Gasteiger partial charge in [0.15, 0.2) is 5.78 Å². The molecule has 3 nitrogen and oxygen atoms in total. The first-order chi connectivity index (χ1) is 6.06.